The Hall–Kier alpha value is -5.11. The predicted octanol–water partition coefficient (Wildman–Crippen LogP) is 6.94. The molecular formula is C37H41N3O5. The molecule has 2 atom stereocenters. The van der Waals surface area contributed by atoms with Gasteiger partial charge >= 0.3 is 6.09 Å². The molecule has 0 spiro atoms. The highest BCUT2D eigenvalue weighted by Crippen LogP contribution is 2.27. The third kappa shape index (κ3) is 8.95. The Bertz CT molecular complexity index is 1640. The Morgan fingerprint density at radius 2 is 1.56 bits per heavy atom. The van der Waals surface area contributed by atoms with Crippen molar-refractivity contribution >= 4 is 34.4 Å². The molecule has 3 amide bonds. The Kier molecular flexibility index (Phi) is 10.6. The second-order valence-electron chi connectivity index (χ2n) is 11.9. The molecule has 0 fully saturated rings. The number of phenols is 1. The van der Waals surface area contributed by atoms with Gasteiger partial charge in [-0.15, -0.1) is 6.58 Å². The summed E-state index contributed by atoms with van der Waals surface area (Å²) in [6, 6.07) is 25.3. The Morgan fingerprint density at radius 3 is 2.18 bits per heavy atom. The van der Waals surface area contributed by atoms with Crippen molar-refractivity contribution in [2.45, 2.75) is 58.2 Å². The number of hydrogen-bond acceptors (Lipinski definition) is 5. The molecule has 0 heterocycles. The van der Waals surface area contributed by atoms with Gasteiger partial charge in [-0.05, 0) is 78.9 Å². The highest BCUT2D eigenvalue weighted by molar-refractivity contribution is 6.00. The van der Waals surface area contributed by atoms with Crippen molar-refractivity contribution in [1.29, 1.82) is 0 Å². The molecular weight excluding hydrogens is 566 g/mol. The largest absolute Gasteiger partial charge is 0.508 e. The van der Waals surface area contributed by atoms with E-state index in [4.69, 9.17) is 4.74 Å². The smallest absolute Gasteiger partial charge is 0.408 e. The third-order valence-corrected chi connectivity index (χ3v) is 7.25. The van der Waals surface area contributed by atoms with Crippen LogP contribution in [0.15, 0.2) is 104 Å². The summed E-state index contributed by atoms with van der Waals surface area (Å²) in [6.45, 7) is 11.1. The zero-order chi connectivity index (χ0) is 32.6. The minimum absolute atomic E-state index is 0.0340. The number of fused-ring (bicyclic) bond motifs is 1. The summed E-state index contributed by atoms with van der Waals surface area (Å²) >= 11 is 0. The van der Waals surface area contributed by atoms with Gasteiger partial charge in [0.2, 0.25) is 5.91 Å². The normalized spacial score (nSPS) is 12.5. The lowest BCUT2D eigenvalue weighted by atomic mass is 9.98. The fourth-order valence-electron chi connectivity index (χ4n) is 5.07. The minimum Gasteiger partial charge on any atom is -0.508 e. The van der Waals surface area contributed by atoms with Crippen LogP contribution in [0, 0.1) is 0 Å². The van der Waals surface area contributed by atoms with Gasteiger partial charge in [0.05, 0.1) is 0 Å². The molecule has 0 bridgehead atoms. The molecule has 234 valence electrons. The second-order valence-corrected chi connectivity index (χ2v) is 11.9. The van der Waals surface area contributed by atoms with E-state index < -0.39 is 35.6 Å². The topological polar surface area (TPSA) is 108 Å². The number of anilines is 1. The van der Waals surface area contributed by atoms with E-state index in [0.717, 1.165) is 22.8 Å². The van der Waals surface area contributed by atoms with Crippen molar-refractivity contribution in [3.63, 3.8) is 0 Å². The van der Waals surface area contributed by atoms with E-state index in [2.05, 4.69) is 17.2 Å². The van der Waals surface area contributed by atoms with Crippen molar-refractivity contribution in [2.24, 2.45) is 0 Å². The number of carbonyl (C=O) groups is 3. The average molecular weight is 608 g/mol. The second kappa shape index (κ2) is 14.6. The van der Waals surface area contributed by atoms with Crippen molar-refractivity contribution < 1.29 is 24.2 Å². The van der Waals surface area contributed by atoms with Crippen molar-refractivity contribution in [1.82, 2.24) is 10.2 Å². The maximum absolute atomic E-state index is 14.5. The molecule has 0 aliphatic heterocycles. The molecule has 4 aromatic rings. The summed E-state index contributed by atoms with van der Waals surface area (Å²) in [5.74, 6) is -0.826. The third-order valence-electron chi connectivity index (χ3n) is 7.25. The fraction of sp³-hybridized carbons (Fsp3) is 0.270. The number of carbonyl (C=O) groups excluding carboxylic acids is 3. The first-order chi connectivity index (χ1) is 21.5. The first kappa shape index (κ1) is 32.8. The number of ether oxygens (including phenoxy) is 1. The van der Waals surface area contributed by atoms with Crippen molar-refractivity contribution in [2.75, 3.05) is 11.9 Å². The van der Waals surface area contributed by atoms with Crippen LogP contribution >= 0.6 is 0 Å². The monoisotopic (exact) mass is 607 g/mol. The molecule has 8 nitrogen and oxygen atoms in total. The zero-order valence-electron chi connectivity index (χ0n) is 26.2. The minimum atomic E-state index is -1.09. The number of nitrogens with zero attached hydrogens (tertiary/aromatic N) is 1. The summed E-state index contributed by atoms with van der Waals surface area (Å²) in [6.07, 6.45) is 1.71. The fourth-order valence-corrected chi connectivity index (χ4v) is 5.07. The maximum atomic E-state index is 14.5. The first-order valence-electron chi connectivity index (χ1n) is 15.0. The molecule has 0 aliphatic carbocycles. The van der Waals surface area contributed by atoms with Crippen molar-refractivity contribution in [3.05, 3.63) is 120 Å². The molecule has 0 aliphatic rings. The molecule has 0 aromatic heterocycles. The van der Waals surface area contributed by atoms with E-state index >= 15 is 0 Å². The number of benzene rings is 4. The van der Waals surface area contributed by atoms with Crippen LogP contribution in [0.25, 0.3) is 10.8 Å². The Morgan fingerprint density at radius 1 is 0.911 bits per heavy atom. The van der Waals surface area contributed by atoms with E-state index in [9.17, 15) is 19.5 Å². The number of aromatic hydroxyl groups is 1. The van der Waals surface area contributed by atoms with Gasteiger partial charge in [-0.1, -0.05) is 79.7 Å². The van der Waals surface area contributed by atoms with Gasteiger partial charge in [0.25, 0.3) is 5.91 Å². The number of amides is 3. The van der Waals surface area contributed by atoms with Crippen LogP contribution in [-0.2, 0) is 27.2 Å². The van der Waals surface area contributed by atoms with Gasteiger partial charge in [-0.3, -0.25) is 9.59 Å². The number of hydrogen-bond donors (Lipinski definition) is 3. The molecule has 45 heavy (non-hydrogen) atoms. The first-order valence-corrected chi connectivity index (χ1v) is 15.0. The lowest BCUT2D eigenvalue weighted by Gasteiger charge is -2.34. The number of phenolic OH excluding ortho intramolecular Hbond substituents is 1. The highest BCUT2D eigenvalue weighted by atomic mass is 16.6. The van der Waals surface area contributed by atoms with E-state index in [0.29, 0.717) is 16.8 Å². The van der Waals surface area contributed by atoms with Gasteiger partial charge < -0.3 is 25.4 Å². The lowest BCUT2D eigenvalue weighted by Crippen LogP contribution is -2.53. The van der Waals surface area contributed by atoms with Crippen LogP contribution < -0.4 is 10.6 Å². The van der Waals surface area contributed by atoms with E-state index in [-0.39, 0.29) is 18.7 Å². The van der Waals surface area contributed by atoms with Crippen LogP contribution in [-0.4, -0.2) is 46.1 Å². The van der Waals surface area contributed by atoms with Crippen LogP contribution in [0.1, 0.15) is 50.4 Å². The summed E-state index contributed by atoms with van der Waals surface area (Å²) in [4.78, 5) is 43.0. The average Bonchev–Trinajstić information content (AvgIpc) is 3.00. The summed E-state index contributed by atoms with van der Waals surface area (Å²) in [7, 11) is 0. The summed E-state index contributed by atoms with van der Waals surface area (Å²) in [5.41, 5.74) is 2.20. The van der Waals surface area contributed by atoms with Crippen molar-refractivity contribution in [3.8, 4) is 5.75 Å². The quantitative estimate of drug-likeness (QED) is 0.160. The Labute approximate surface area is 264 Å². The van der Waals surface area contributed by atoms with Gasteiger partial charge in [-0.2, -0.15) is 0 Å². The molecule has 0 saturated heterocycles. The number of alkyl carbamates (subject to hydrolysis) is 1. The predicted molar refractivity (Wildman–Crippen MR) is 178 cm³/mol. The SMILES string of the molecule is C=CCN(C(=O)C(Cc1ccc(O)cc1)NC(=O)OC(C)(C)C)C(C(=O)Nc1ccc2ccccc2c1)c1ccc(CC)cc1. The van der Waals surface area contributed by atoms with Gasteiger partial charge in [-0.25, -0.2) is 4.79 Å². The van der Waals surface area contributed by atoms with E-state index in [1.165, 1.54) is 17.0 Å². The van der Waals surface area contributed by atoms with E-state index in [1.807, 2.05) is 73.7 Å². The maximum Gasteiger partial charge on any atom is 0.408 e. The summed E-state index contributed by atoms with van der Waals surface area (Å²) < 4.78 is 5.49. The van der Waals surface area contributed by atoms with Gasteiger partial charge in [0, 0.05) is 18.7 Å². The Balaban J connectivity index is 1.73. The molecule has 3 N–H and O–H groups in total. The molecule has 2 unspecified atom stereocenters. The summed E-state index contributed by atoms with van der Waals surface area (Å²) in [5, 5.41) is 17.5. The lowest BCUT2D eigenvalue weighted by molar-refractivity contribution is -0.140. The van der Waals surface area contributed by atoms with Crippen LogP contribution in [0.3, 0.4) is 0 Å². The number of rotatable bonds is 11. The standard InChI is InChI=1S/C37H41N3O5/c1-6-22-40(35(43)32(39-36(44)45-37(3,4)5)23-26-14-20-31(41)21-15-26)33(28-16-12-25(7-2)13-17-28)34(42)38-30-19-18-27-10-8-9-11-29(27)24-30/h6,8-21,24,32-33,41H,1,7,22-23H2,2-5H3,(H,38,42)(H,39,44). The molecule has 4 aromatic carbocycles. The zero-order valence-corrected chi connectivity index (χ0v) is 26.2. The number of nitrogens with one attached hydrogen (secondary N) is 2. The molecule has 4 rings (SSSR count). The van der Waals surface area contributed by atoms with Crippen LogP contribution in [0.4, 0.5) is 10.5 Å². The van der Waals surface area contributed by atoms with Crippen LogP contribution in [0.5, 0.6) is 5.75 Å². The van der Waals surface area contributed by atoms with E-state index in [1.54, 1.807) is 39.0 Å². The highest BCUT2D eigenvalue weighted by Gasteiger charge is 2.36. The van der Waals surface area contributed by atoms with Gasteiger partial charge in [0.15, 0.2) is 0 Å². The number of aryl methyl sites for hydroxylation is 1. The molecule has 0 radical (unpaired) electrons. The molecule has 8 heteroatoms. The van der Waals surface area contributed by atoms with Gasteiger partial charge in [0.1, 0.15) is 23.4 Å². The van der Waals surface area contributed by atoms with Crippen LogP contribution in [0.2, 0.25) is 0 Å². The molecule has 0 saturated carbocycles.